The van der Waals surface area contributed by atoms with Crippen molar-refractivity contribution in [3.05, 3.63) is 53.1 Å². The molecular weight excluding hydrogens is 266 g/mol. The molecule has 1 N–H and O–H groups in total. The van der Waals surface area contributed by atoms with Crippen molar-refractivity contribution in [1.82, 2.24) is 9.55 Å². The topological polar surface area (TPSA) is 78.9 Å². The summed E-state index contributed by atoms with van der Waals surface area (Å²) in [5, 5.41) is 18.1. The van der Waals surface area contributed by atoms with Gasteiger partial charge < -0.3 is 9.67 Å². The van der Waals surface area contributed by atoms with Gasteiger partial charge in [-0.25, -0.2) is 4.98 Å². The summed E-state index contributed by atoms with van der Waals surface area (Å²) in [5.41, 5.74) is 3.26. The van der Waals surface area contributed by atoms with Gasteiger partial charge in [0.05, 0.1) is 30.4 Å². The normalized spacial score (nSPS) is 17.0. The number of carboxylic acids is 1. The fraction of sp³-hybridized carbons (Fsp3) is 0.312. The third-order valence-corrected chi connectivity index (χ3v) is 3.97. The lowest BCUT2D eigenvalue weighted by molar-refractivity contribution is -0.136. The van der Waals surface area contributed by atoms with E-state index in [1.54, 1.807) is 6.07 Å². The minimum absolute atomic E-state index is 0.125. The lowest BCUT2D eigenvalue weighted by atomic mass is 9.93. The summed E-state index contributed by atoms with van der Waals surface area (Å²) in [7, 11) is 0. The van der Waals surface area contributed by atoms with Gasteiger partial charge >= 0.3 is 5.97 Å². The summed E-state index contributed by atoms with van der Waals surface area (Å²) in [6, 6.07) is 7.74. The number of aliphatic carboxylic acids is 1. The van der Waals surface area contributed by atoms with E-state index in [1.807, 2.05) is 24.7 Å². The number of rotatable bonds is 3. The predicted molar refractivity (Wildman–Crippen MR) is 75.8 cm³/mol. The van der Waals surface area contributed by atoms with E-state index in [1.165, 1.54) is 5.69 Å². The van der Waals surface area contributed by atoms with Crippen LogP contribution in [-0.4, -0.2) is 20.6 Å². The molecule has 1 unspecified atom stereocenters. The molecule has 1 aromatic heterocycles. The molecule has 21 heavy (non-hydrogen) atoms. The molecular formula is C16H15N3O2. The average Bonchev–Trinajstić information content (AvgIpc) is 2.95. The van der Waals surface area contributed by atoms with Crippen molar-refractivity contribution >= 4 is 5.97 Å². The number of nitrogens with zero attached hydrogens (tertiary/aromatic N) is 3. The Morgan fingerprint density at radius 1 is 1.52 bits per heavy atom. The Labute approximate surface area is 122 Å². The van der Waals surface area contributed by atoms with Gasteiger partial charge in [-0.2, -0.15) is 5.26 Å². The van der Waals surface area contributed by atoms with Crippen molar-refractivity contribution in [2.24, 2.45) is 0 Å². The minimum Gasteiger partial charge on any atom is -0.481 e. The van der Waals surface area contributed by atoms with Crippen molar-refractivity contribution < 1.29 is 9.90 Å². The van der Waals surface area contributed by atoms with E-state index in [9.17, 15) is 4.79 Å². The maximum atomic E-state index is 11.0. The van der Waals surface area contributed by atoms with Crippen LogP contribution in [0.5, 0.6) is 0 Å². The second kappa shape index (κ2) is 5.41. The van der Waals surface area contributed by atoms with Crippen LogP contribution in [0.1, 0.15) is 41.3 Å². The average molecular weight is 281 g/mol. The molecule has 2 heterocycles. The lowest BCUT2D eigenvalue weighted by Crippen LogP contribution is -2.18. The summed E-state index contributed by atoms with van der Waals surface area (Å²) >= 11 is 0. The van der Waals surface area contributed by atoms with Crippen LogP contribution in [-0.2, 0) is 17.6 Å². The SMILES string of the molecule is N#Cc1ccc(C2CCCc3cncn32)cc1CC(=O)O. The highest BCUT2D eigenvalue weighted by Gasteiger charge is 2.22. The molecule has 0 fully saturated rings. The first-order valence-electron chi connectivity index (χ1n) is 6.94. The first kappa shape index (κ1) is 13.4. The summed E-state index contributed by atoms with van der Waals surface area (Å²) in [6.45, 7) is 0. The maximum Gasteiger partial charge on any atom is 0.307 e. The Morgan fingerprint density at radius 3 is 3.14 bits per heavy atom. The van der Waals surface area contributed by atoms with E-state index in [2.05, 4.69) is 15.6 Å². The number of hydrogen-bond acceptors (Lipinski definition) is 3. The molecule has 5 nitrogen and oxygen atoms in total. The van der Waals surface area contributed by atoms with Crippen LogP contribution in [0.4, 0.5) is 0 Å². The standard InChI is InChI=1S/C16H15N3O2/c17-8-12-5-4-11(6-13(12)7-16(20)21)15-3-1-2-14-9-18-10-19(14)15/h4-6,9-10,15H,1-3,7H2,(H,20,21). The highest BCUT2D eigenvalue weighted by atomic mass is 16.4. The van der Waals surface area contributed by atoms with Crippen LogP contribution in [0.25, 0.3) is 0 Å². The fourth-order valence-electron chi connectivity index (χ4n) is 2.99. The molecule has 0 amide bonds. The molecule has 0 aliphatic carbocycles. The summed E-state index contributed by atoms with van der Waals surface area (Å²) in [4.78, 5) is 15.2. The van der Waals surface area contributed by atoms with Crippen LogP contribution >= 0.6 is 0 Å². The second-order valence-corrected chi connectivity index (χ2v) is 5.30. The van der Waals surface area contributed by atoms with Crippen molar-refractivity contribution in [3.8, 4) is 6.07 Å². The number of aromatic nitrogens is 2. The van der Waals surface area contributed by atoms with Crippen molar-refractivity contribution in [2.75, 3.05) is 0 Å². The van der Waals surface area contributed by atoms with Crippen molar-refractivity contribution in [3.63, 3.8) is 0 Å². The number of imidazole rings is 1. The highest BCUT2D eigenvalue weighted by Crippen LogP contribution is 2.31. The van der Waals surface area contributed by atoms with Gasteiger partial charge in [0.25, 0.3) is 0 Å². The Hall–Kier alpha value is -2.61. The molecule has 0 saturated heterocycles. The van der Waals surface area contributed by atoms with E-state index in [4.69, 9.17) is 10.4 Å². The van der Waals surface area contributed by atoms with Gasteiger partial charge in [-0.15, -0.1) is 0 Å². The van der Waals surface area contributed by atoms with Crippen LogP contribution < -0.4 is 0 Å². The van der Waals surface area contributed by atoms with E-state index < -0.39 is 5.97 Å². The molecule has 2 aromatic rings. The van der Waals surface area contributed by atoms with Crippen molar-refractivity contribution in [2.45, 2.75) is 31.7 Å². The Balaban J connectivity index is 2.01. The number of aryl methyl sites for hydroxylation is 1. The number of carboxylic acid groups (broad SMARTS) is 1. The number of benzene rings is 1. The zero-order valence-corrected chi connectivity index (χ0v) is 11.5. The van der Waals surface area contributed by atoms with Crippen LogP contribution in [0.15, 0.2) is 30.7 Å². The van der Waals surface area contributed by atoms with Gasteiger partial charge in [0.15, 0.2) is 0 Å². The monoisotopic (exact) mass is 281 g/mol. The van der Waals surface area contributed by atoms with Crippen LogP contribution in [0, 0.1) is 11.3 Å². The second-order valence-electron chi connectivity index (χ2n) is 5.30. The predicted octanol–water partition coefficient (Wildman–Crippen LogP) is 2.31. The molecule has 1 aliphatic heterocycles. The third kappa shape index (κ3) is 2.52. The Bertz CT molecular complexity index is 727. The quantitative estimate of drug-likeness (QED) is 0.936. The molecule has 1 atom stereocenters. The van der Waals surface area contributed by atoms with E-state index >= 15 is 0 Å². The molecule has 1 aromatic carbocycles. The van der Waals surface area contributed by atoms with Gasteiger partial charge in [0.2, 0.25) is 0 Å². The summed E-state index contributed by atoms with van der Waals surface area (Å²) < 4.78 is 2.15. The van der Waals surface area contributed by atoms with Gasteiger partial charge in [0.1, 0.15) is 0 Å². The zero-order valence-electron chi connectivity index (χ0n) is 11.5. The van der Waals surface area contributed by atoms with Gasteiger partial charge in [0, 0.05) is 11.9 Å². The van der Waals surface area contributed by atoms with Crippen molar-refractivity contribution in [1.29, 1.82) is 5.26 Å². The number of nitriles is 1. The molecule has 3 rings (SSSR count). The Morgan fingerprint density at radius 2 is 2.38 bits per heavy atom. The first-order valence-corrected chi connectivity index (χ1v) is 6.94. The number of carbonyl (C=O) groups is 1. The summed E-state index contributed by atoms with van der Waals surface area (Å²) in [6.07, 6.45) is 6.70. The molecule has 0 bridgehead atoms. The third-order valence-electron chi connectivity index (χ3n) is 3.97. The first-order chi connectivity index (χ1) is 10.2. The maximum absolute atomic E-state index is 11.0. The molecule has 5 heteroatoms. The van der Waals surface area contributed by atoms with Gasteiger partial charge in [-0.3, -0.25) is 4.79 Å². The molecule has 0 radical (unpaired) electrons. The molecule has 106 valence electrons. The van der Waals surface area contributed by atoms with Crippen LogP contribution in [0.2, 0.25) is 0 Å². The molecule has 0 spiro atoms. The van der Waals surface area contributed by atoms with Crippen LogP contribution in [0.3, 0.4) is 0 Å². The molecule has 0 saturated carbocycles. The van der Waals surface area contributed by atoms with E-state index in [0.717, 1.165) is 24.8 Å². The molecule has 1 aliphatic rings. The lowest BCUT2D eigenvalue weighted by Gasteiger charge is -2.26. The van der Waals surface area contributed by atoms with E-state index in [0.29, 0.717) is 11.1 Å². The largest absolute Gasteiger partial charge is 0.481 e. The number of fused-ring (bicyclic) bond motifs is 1. The van der Waals surface area contributed by atoms with Gasteiger partial charge in [-0.05, 0) is 36.5 Å². The van der Waals surface area contributed by atoms with E-state index in [-0.39, 0.29) is 12.5 Å². The minimum atomic E-state index is -0.921. The fourth-order valence-corrected chi connectivity index (χ4v) is 2.99. The smallest absolute Gasteiger partial charge is 0.307 e. The van der Waals surface area contributed by atoms with Gasteiger partial charge in [-0.1, -0.05) is 12.1 Å². The summed E-state index contributed by atoms with van der Waals surface area (Å²) in [5.74, 6) is -0.921. The number of hydrogen-bond donors (Lipinski definition) is 1. The zero-order chi connectivity index (χ0) is 14.8. The highest BCUT2D eigenvalue weighted by molar-refractivity contribution is 5.71. The Kier molecular flexibility index (Phi) is 3.44.